The minimum Gasteiger partial charge on any atom is -0.398 e. The van der Waals surface area contributed by atoms with Crippen molar-refractivity contribution >= 4 is 32.4 Å². The molecule has 0 fully saturated rings. The van der Waals surface area contributed by atoms with E-state index in [0.29, 0.717) is 11.4 Å². The molecule has 2 nitrogen and oxygen atoms in total. The van der Waals surface area contributed by atoms with Crippen molar-refractivity contribution in [2.45, 2.75) is 17.6 Å². The second-order valence-corrected chi connectivity index (χ2v) is 6.43. The van der Waals surface area contributed by atoms with Crippen molar-refractivity contribution in [2.24, 2.45) is 0 Å². The summed E-state index contributed by atoms with van der Waals surface area (Å²) >= 11 is 3.36. The normalized spacial score (nSPS) is 12.3. The lowest BCUT2D eigenvalue weighted by Gasteiger charge is -2.08. The molecule has 4 heteroatoms. The van der Waals surface area contributed by atoms with Crippen LogP contribution in [-0.2, 0) is 16.6 Å². The third-order valence-corrected chi connectivity index (χ3v) is 4.75. The second-order valence-electron chi connectivity index (χ2n) is 4.10. The molecule has 0 heterocycles. The van der Waals surface area contributed by atoms with Crippen LogP contribution in [0.4, 0.5) is 5.69 Å². The molecule has 0 aliphatic heterocycles. The maximum absolute atomic E-state index is 12.3. The molecule has 2 aromatic carbocycles. The lowest BCUT2D eigenvalue weighted by atomic mass is 10.2. The van der Waals surface area contributed by atoms with Crippen molar-refractivity contribution in [1.29, 1.82) is 0 Å². The molecule has 2 N–H and O–H groups in total. The molecule has 2 rings (SSSR count). The maximum atomic E-state index is 12.3. The molecule has 1 atom stereocenters. The van der Waals surface area contributed by atoms with Gasteiger partial charge in [-0.05, 0) is 36.2 Å². The average Bonchev–Trinajstić information content (AvgIpc) is 2.33. The first-order valence-electron chi connectivity index (χ1n) is 5.56. The summed E-state index contributed by atoms with van der Waals surface area (Å²) in [6, 6.07) is 13.4. The van der Waals surface area contributed by atoms with Gasteiger partial charge in [0.2, 0.25) is 0 Å². The molecule has 0 radical (unpaired) electrons. The summed E-state index contributed by atoms with van der Waals surface area (Å²) in [6.45, 7) is 1.97. The van der Waals surface area contributed by atoms with Crippen LogP contribution >= 0.6 is 15.9 Å². The highest BCUT2D eigenvalue weighted by atomic mass is 79.9. The SMILES string of the molecule is Cc1ccccc1S(=O)Cc1ccc(Br)cc1N. The van der Waals surface area contributed by atoms with Crippen LogP contribution in [-0.4, -0.2) is 4.21 Å². The maximum Gasteiger partial charge on any atom is 0.0577 e. The van der Waals surface area contributed by atoms with E-state index in [1.807, 2.05) is 49.4 Å². The molecular weight excluding hydrogens is 310 g/mol. The topological polar surface area (TPSA) is 43.1 Å². The number of aryl methyl sites for hydroxylation is 1. The van der Waals surface area contributed by atoms with Gasteiger partial charge in [0.25, 0.3) is 0 Å². The first-order chi connectivity index (χ1) is 8.58. The standard InChI is InChI=1S/C14H14BrNOS/c1-10-4-2-3-5-14(10)18(17)9-11-6-7-12(15)8-13(11)16/h2-8H,9,16H2,1H3. The van der Waals surface area contributed by atoms with Gasteiger partial charge in [0.05, 0.1) is 16.6 Å². The Morgan fingerprint density at radius 1 is 1.22 bits per heavy atom. The molecule has 0 aliphatic rings. The van der Waals surface area contributed by atoms with Crippen molar-refractivity contribution in [3.8, 4) is 0 Å². The molecule has 2 aromatic rings. The van der Waals surface area contributed by atoms with Gasteiger partial charge in [-0.25, -0.2) is 0 Å². The van der Waals surface area contributed by atoms with Crippen LogP contribution < -0.4 is 5.73 Å². The monoisotopic (exact) mass is 323 g/mol. The van der Waals surface area contributed by atoms with E-state index >= 15 is 0 Å². The van der Waals surface area contributed by atoms with Crippen LogP contribution in [0.1, 0.15) is 11.1 Å². The highest BCUT2D eigenvalue weighted by Crippen LogP contribution is 2.22. The smallest absolute Gasteiger partial charge is 0.0577 e. The number of rotatable bonds is 3. The van der Waals surface area contributed by atoms with Crippen LogP contribution in [0.2, 0.25) is 0 Å². The minimum atomic E-state index is -1.06. The van der Waals surface area contributed by atoms with Gasteiger partial charge in [-0.2, -0.15) is 0 Å². The van der Waals surface area contributed by atoms with Gasteiger partial charge in [0.1, 0.15) is 0 Å². The number of halogens is 1. The van der Waals surface area contributed by atoms with Gasteiger partial charge >= 0.3 is 0 Å². The van der Waals surface area contributed by atoms with E-state index in [4.69, 9.17) is 5.73 Å². The third-order valence-electron chi connectivity index (χ3n) is 2.73. The molecule has 94 valence electrons. The summed E-state index contributed by atoms with van der Waals surface area (Å²) in [5.41, 5.74) is 8.56. The lowest BCUT2D eigenvalue weighted by Crippen LogP contribution is -2.01. The zero-order valence-corrected chi connectivity index (χ0v) is 12.4. The molecule has 0 aliphatic carbocycles. The quantitative estimate of drug-likeness (QED) is 0.876. The van der Waals surface area contributed by atoms with Gasteiger partial charge in [-0.15, -0.1) is 0 Å². The summed E-state index contributed by atoms with van der Waals surface area (Å²) in [5.74, 6) is 0.448. The van der Waals surface area contributed by atoms with Crippen molar-refractivity contribution in [1.82, 2.24) is 0 Å². The van der Waals surface area contributed by atoms with Gasteiger partial charge in [-0.3, -0.25) is 4.21 Å². The molecule has 0 amide bonds. The van der Waals surface area contributed by atoms with Gasteiger partial charge in [0.15, 0.2) is 0 Å². The van der Waals surface area contributed by atoms with E-state index in [1.54, 1.807) is 0 Å². The Morgan fingerprint density at radius 3 is 2.61 bits per heavy atom. The summed E-state index contributed by atoms with van der Waals surface area (Å²) in [5, 5.41) is 0. The molecule has 0 saturated heterocycles. The third kappa shape index (κ3) is 3.00. The lowest BCUT2D eigenvalue weighted by molar-refractivity contribution is 0.682. The van der Waals surface area contributed by atoms with Crippen LogP contribution in [0.5, 0.6) is 0 Å². The minimum absolute atomic E-state index is 0.448. The number of hydrogen-bond donors (Lipinski definition) is 1. The Labute approximate surface area is 118 Å². The fourth-order valence-electron chi connectivity index (χ4n) is 1.73. The van der Waals surface area contributed by atoms with Crippen LogP contribution in [0.3, 0.4) is 0 Å². The Kier molecular flexibility index (Phi) is 4.19. The number of anilines is 1. The van der Waals surface area contributed by atoms with E-state index in [9.17, 15) is 4.21 Å². The average molecular weight is 324 g/mol. The molecular formula is C14H14BrNOS. The van der Waals surface area contributed by atoms with Gasteiger partial charge in [-0.1, -0.05) is 40.2 Å². The van der Waals surface area contributed by atoms with E-state index in [1.165, 1.54) is 0 Å². The van der Waals surface area contributed by atoms with Crippen molar-refractivity contribution in [3.63, 3.8) is 0 Å². The second kappa shape index (κ2) is 5.67. The van der Waals surface area contributed by atoms with Crippen LogP contribution in [0.25, 0.3) is 0 Å². The predicted octanol–water partition coefficient (Wildman–Crippen LogP) is 3.65. The summed E-state index contributed by atoms with van der Waals surface area (Å²) < 4.78 is 13.3. The van der Waals surface area contributed by atoms with Crippen LogP contribution in [0.15, 0.2) is 51.8 Å². The molecule has 0 bridgehead atoms. The summed E-state index contributed by atoms with van der Waals surface area (Å²) in [6.07, 6.45) is 0. The molecule has 1 unspecified atom stereocenters. The van der Waals surface area contributed by atoms with Crippen molar-refractivity contribution in [3.05, 3.63) is 58.1 Å². The van der Waals surface area contributed by atoms with E-state index in [0.717, 1.165) is 20.5 Å². The van der Waals surface area contributed by atoms with E-state index < -0.39 is 10.8 Å². The Balaban J connectivity index is 2.24. The number of hydrogen-bond acceptors (Lipinski definition) is 2. The zero-order chi connectivity index (χ0) is 13.1. The highest BCUT2D eigenvalue weighted by molar-refractivity contribution is 9.10. The Bertz CT molecular complexity index is 598. The molecule has 18 heavy (non-hydrogen) atoms. The summed E-state index contributed by atoms with van der Waals surface area (Å²) in [7, 11) is -1.06. The first kappa shape index (κ1) is 13.3. The van der Waals surface area contributed by atoms with Crippen molar-refractivity contribution < 1.29 is 4.21 Å². The van der Waals surface area contributed by atoms with Gasteiger partial charge < -0.3 is 5.73 Å². The number of nitrogens with two attached hydrogens (primary N) is 1. The first-order valence-corrected chi connectivity index (χ1v) is 7.67. The number of benzene rings is 2. The van der Waals surface area contributed by atoms with E-state index in [-0.39, 0.29) is 0 Å². The predicted molar refractivity (Wildman–Crippen MR) is 79.8 cm³/mol. The fraction of sp³-hybridized carbons (Fsp3) is 0.143. The zero-order valence-electron chi connectivity index (χ0n) is 10.0. The Morgan fingerprint density at radius 2 is 1.94 bits per heavy atom. The number of nitrogen functional groups attached to an aromatic ring is 1. The van der Waals surface area contributed by atoms with Crippen molar-refractivity contribution in [2.75, 3.05) is 5.73 Å². The fourth-order valence-corrected chi connectivity index (χ4v) is 3.47. The molecule has 0 aromatic heterocycles. The highest BCUT2D eigenvalue weighted by Gasteiger charge is 2.09. The van der Waals surface area contributed by atoms with Crippen LogP contribution in [0, 0.1) is 6.92 Å². The van der Waals surface area contributed by atoms with Gasteiger partial charge in [0, 0.05) is 15.1 Å². The molecule has 0 spiro atoms. The van der Waals surface area contributed by atoms with E-state index in [2.05, 4.69) is 15.9 Å². The Hall–Kier alpha value is -1.13. The largest absolute Gasteiger partial charge is 0.398 e. The molecule has 0 saturated carbocycles. The summed E-state index contributed by atoms with van der Waals surface area (Å²) in [4.78, 5) is 0.875.